The summed E-state index contributed by atoms with van der Waals surface area (Å²) in [6, 6.07) is 6.46. The molecule has 1 aromatic heterocycles. The van der Waals surface area contributed by atoms with Crippen LogP contribution in [0.1, 0.15) is 32.8 Å². The van der Waals surface area contributed by atoms with Gasteiger partial charge in [-0.2, -0.15) is 5.26 Å². The molecule has 0 aliphatic rings. The van der Waals surface area contributed by atoms with Crippen molar-refractivity contribution in [1.82, 2.24) is 9.88 Å². The van der Waals surface area contributed by atoms with Gasteiger partial charge in [-0.15, -0.1) is 0 Å². The van der Waals surface area contributed by atoms with Crippen LogP contribution in [0, 0.1) is 16.7 Å². The van der Waals surface area contributed by atoms with Crippen molar-refractivity contribution in [3.8, 4) is 6.07 Å². The molecule has 104 valence electrons. The van der Waals surface area contributed by atoms with Crippen molar-refractivity contribution in [2.24, 2.45) is 11.1 Å². The molecule has 4 nitrogen and oxygen atoms in total. The van der Waals surface area contributed by atoms with Crippen molar-refractivity contribution >= 4 is 0 Å². The van der Waals surface area contributed by atoms with Crippen molar-refractivity contribution in [2.75, 3.05) is 13.1 Å². The Balaban J connectivity index is 2.85. The molecule has 0 amide bonds. The molecule has 2 N–H and O–H groups in total. The summed E-state index contributed by atoms with van der Waals surface area (Å²) in [5, 5.41) is 8.82. The Labute approximate surface area is 116 Å². The number of aromatic nitrogens is 1. The zero-order chi connectivity index (χ0) is 14.3. The lowest BCUT2D eigenvalue weighted by molar-refractivity contribution is 0.0995. The predicted octanol–water partition coefficient (Wildman–Crippen LogP) is 2.17. The molecule has 1 atom stereocenters. The first kappa shape index (κ1) is 15.6. The molecule has 1 heterocycles. The molecule has 0 aliphatic heterocycles. The molecule has 0 saturated carbocycles. The second kappa shape index (κ2) is 7.22. The van der Waals surface area contributed by atoms with Crippen LogP contribution in [-0.4, -0.2) is 29.0 Å². The van der Waals surface area contributed by atoms with E-state index in [1.165, 1.54) is 0 Å². The summed E-state index contributed by atoms with van der Waals surface area (Å²) in [6.07, 6.45) is 4.16. The summed E-state index contributed by atoms with van der Waals surface area (Å²) in [4.78, 5) is 6.43. The number of rotatable bonds is 6. The second-order valence-corrected chi connectivity index (χ2v) is 5.86. The molecule has 19 heavy (non-hydrogen) atoms. The van der Waals surface area contributed by atoms with E-state index in [1.807, 2.05) is 12.3 Å². The maximum absolute atomic E-state index is 8.82. The van der Waals surface area contributed by atoms with Crippen LogP contribution in [0.4, 0.5) is 0 Å². The van der Waals surface area contributed by atoms with Crippen LogP contribution in [0.3, 0.4) is 0 Å². The minimum absolute atomic E-state index is 0.0897. The van der Waals surface area contributed by atoms with Gasteiger partial charge in [0.25, 0.3) is 0 Å². The highest BCUT2D eigenvalue weighted by molar-refractivity contribution is 5.09. The monoisotopic (exact) mass is 260 g/mol. The van der Waals surface area contributed by atoms with Gasteiger partial charge in [0.2, 0.25) is 0 Å². The molecule has 1 unspecified atom stereocenters. The van der Waals surface area contributed by atoms with Gasteiger partial charge in [-0.3, -0.25) is 9.88 Å². The number of nitriles is 1. The van der Waals surface area contributed by atoms with Crippen molar-refractivity contribution in [2.45, 2.75) is 39.8 Å². The molecule has 0 aliphatic carbocycles. The molecular weight excluding hydrogens is 236 g/mol. The highest BCUT2D eigenvalue weighted by Crippen LogP contribution is 2.25. The van der Waals surface area contributed by atoms with E-state index in [9.17, 15) is 0 Å². The molecule has 0 spiro atoms. The summed E-state index contributed by atoms with van der Waals surface area (Å²) in [7, 11) is 0. The lowest BCUT2D eigenvalue weighted by Crippen LogP contribution is -2.48. The maximum Gasteiger partial charge on any atom is 0.0635 e. The van der Waals surface area contributed by atoms with E-state index in [0.29, 0.717) is 13.0 Å². The fourth-order valence-electron chi connectivity index (χ4n) is 2.32. The smallest absolute Gasteiger partial charge is 0.0635 e. The van der Waals surface area contributed by atoms with Crippen LogP contribution in [-0.2, 0) is 6.54 Å². The van der Waals surface area contributed by atoms with E-state index >= 15 is 0 Å². The second-order valence-electron chi connectivity index (χ2n) is 5.86. The standard InChI is InChI=1S/C15H24N4/c1-15(2,3)14(10-17)19(9-5-7-16)12-13-6-4-8-18-11-13/h4,6,8,11,14H,5,9-10,12,17H2,1-3H3. The third kappa shape index (κ3) is 4.98. The van der Waals surface area contributed by atoms with Gasteiger partial charge in [0.15, 0.2) is 0 Å². The topological polar surface area (TPSA) is 65.9 Å². The minimum Gasteiger partial charge on any atom is -0.329 e. The molecular formula is C15H24N4. The third-order valence-electron chi connectivity index (χ3n) is 3.28. The number of nitrogens with zero attached hydrogens (tertiary/aromatic N) is 3. The maximum atomic E-state index is 8.82. The zero-order valence-corrected chi connectivity index (χ0v) is 12.1. The predicted molar refractivity (Wildman–Crippen MR) is 77.2 cm³/mol. The Hall–Kier alpha value is -1.44. The van der Waals surface area contributed by atoms with Crippen LogP contribution in [0.15, 0.2) is 24.5 Å². The fraction of sp³-hybridized carbons (Fsp3) is 0.600. The molecule has 1 rings (SSSR count). The Kier molecular flexibility index (Phi) is 5.94. The highest BCUT2D eigenvalue weighted by atomic mass is 15.2. The first-order chi connectivity index (χ1) is 8.99. The Morgan fingerprint density at radius 3 is 2.68 bits per heavy atom. The van der Waals surface area contributed by atoms with Crippen LogP contribution in [0.5, 0.6) is 0 Å². The molecule has 0 bridgehead atoms. The molecule has 0 saturated heterocycles. The van der Waals surface area contributed by atoms with E-state index in [1.54, 1.807) is 6.20 Å². The summed E-state index contributed by atoms with van der Waals surface area (Å²) < 4.78 is 0. The van der Waals surface area contributed by atoms with Gasteiger partial charge in [0.1, 0.15) is 0 Å². The third-order valence-corrected chi connectivity index (χ3v) is 3.28. The zero-order valence-electron chi connectivity index (χ0n) is 12.1. The lowest BCUT2D eigenvalue weighted by atomic mass is 9.85. The van der Waals surface area contributed by atoms with Gasteiger partial charge in [-0.1, -0.05) is 26.8 Å². The van der Waals surface area contributed by atoms with E-state index in [0.717, 1.165) is 18.7 Å². The van der Waals surface area contributed by atoms with Gasteiger partial charge in [-0.25, -0.2) is 0 Å². The fourth-order valence-corrected chi connectivity index (χ4v) is 2.32. The number of nitrogens with two attached hydrogens (primary N) is 1. The number of pyridine rings is 1. The number of hydrogen-bond acceptors (Lipinski definition) is 4. The quantitative estimate of drug-likeness (QED) is 0.851. The summed E-state index contributed by atoms with van der Waals surface area (Å²) in [6.45, 7) is 8.68. The van der Waals surface area contributed by atoms with Gasteiger partial charge >= 0.3 is 0 Å². The van der Waals surface area contributed by atoms with E-state index in [-0.39, 0.29) is 11.5 Å². The minimum atomic E-state index is 0.0897. The lowest BCUT2D eigenvalue weighted by Gasteiger charge is -2.39. The van der Waals surface area contributed by atoms with Gasteiger partial charge in [0, 0.05) is 44.5 Å². The van der Waals surface area contributed by atoms with E-state index in [2.05, 4.69) is 42.8 Å². The van der Waals surface area contributed by atoms with Gasteiger partial charge in [-0.05, 0) is 17.0 Å². The van der Waals surface area contributed by atoms with Crippen molar-refractivity contribution in [3.05, 3.63) is 30.1 Å². The summed E-state index contributed by atoms with van der Waals surface area (Å²) in [5.41, 5.74) is 7.19. The Morgan fingerprint density at radius 2 is 2.21 bits per heavy atom. The highest BCUT2D eigenvalue weighted by Gasteiger charge is 2.28. The first-order valence-electron chi connectivity index (χ1n) is 6.69. The van der Waals surface area contributed by atoms with Crippen LogP contribution >= 0.6 is 0 Å². The average Bonchev–Trinajstić information content (AvgIpc) is 2.36. The van der Waals surface area contributed by atoms with E-state index < -0.39 is 0 Å². The van der Waals surface area contributed by atoms with Gasteiger partial charge in [0.05, 0.1) is 6.07 Å². The molecule has 1 aromatic rings. The van der Waals surface area contributed by atoms with Crippen molar-refractivity contribution in [1.29, 1.82) is 5.26 Å². The van der Waals surface area contributed by atoms with Gasteiger partial charge < -0.3 is 5.73 Å². The molecule has 4 heteroatoms. The first-order valence-corrected chi connectivity index (χ1v) is 6.69. The SMILES string of the molecule is CC(C)(C)C(CN)N(CCC#N)Cc1cccnc1. The Bertz CT molecular complexity index is 402. The van der Waals surface area contributed by atoms with E-state index in [4.69, 9.17) is 11.0 Å². The van der Waals surface area contributed by atoms with Crippen LogP contribution < -0.4 is 5.73 Å². The van der Waals surface area contributed by atoms with Crippen LogP contribution in [0.25, 0.3) is 0 Å². The Morgan fingerprint density at radius 1 is 1.47 bits per heavy atom. The van der Waals surface area contributed by atoms with Crippen molar-refractivity contribution in [3.63, 3.8) is 0 Å². The van der Waals surface area contributed by atoms with Crippen molar-refractivity contribution < 1.29 is 0 Å². The molecule has 0 radical (unpaired) electrons. The summed E-state index contributed by atoms with van der Waals surface area (Å²) in [5.74, 6) is 0. The summed E-state index contributed by atoms with van der Waals surface area (Å²) >= 11 is 0. The average molecular weight is 260 g/mol. The molecule has 0 aromatic carbocycles. The molecule has 0 fully saturated rings. The van der Waals surface area contributed by atoms with Crippen LogP contribution in [0.2, 0.25) is 0 Å². The largest absolute Gasteiger partial charge is 0.329 e. The normalized spacial score (nSPS) is 13.3. The number of hydrogen-bond donors (Lipinski definition) is 1.